The van der Waals surface area contributed by atoms with Crippen molar-refractivity contribution in [1.29, 1.82) is 0 Å². The number of aromatic amines is 1. The summed E-state index contributed by atoms with van der Waals surface area (Å²) in [7, 11) is 0. The number of amides is 1. The van der Waals surface area contributed by atoms with Gasteiger partial charge >= 0.3 is 0 Å². The van der Waals surface area contributed by atoms with Crippen molar-refractivity contribution in [3.63, 3.8) is 0 Å². The fourth-order valence-corrected chi connectivity index (χ4v) is 3.15. The van der Waals surface area contributed by atoms with E-state index < -0.39 is 0 Å². The van der Waals surface area contributed by atoms with Crippen LogP contribution in [0.4, 0.5) is 5.82 Å². The lowest BCUT2D eigenvalue weighted by Crippen LogP contribution is -2.15. The Balaban J connectivity index is 1.68. The highest BCUT2D eigenvalue weighted by atomic mass is 16.1. The van der Waals surface area contributed by atoms with E-state index in [1.165, 1.54) is 5.56 Å². The Morgan fingerprint density at radius 1 is 1.04 bits per heavy atom. The van der Waals surface area contributed by atoms with Gasteiger partial charge in [0.25, 0.3) is 5.91 Å². The summed E-state index contributed by atoms with van der Waals surface area (Å²) in [4.78, 5) is 16.1. The van der Waals surface area contributed by atoms with Crippen LogP contribution in [-0.4, -0.2) is 20.7 Å². The predicted octanol–water partition coefficient (Wildman–Crippen LogP) is 4.53. The predicted molar refractivity (Wildman–Crippen MR) is 104 cm³/mol. The van der Waals surface area contributed by atoms with Crippen molar-refractivity contribution in [2.75, 3.05) is 5.32 Å². The summed E-state index contributed by atoms with van der Waals surface area (Å²) in [6, 6.07) is 17.3. The van der Waals surface area contributed by atoms with Crippen LogP contribution >= 0.6 is 0 Å². The van der Waals surface area contributed by atoms with Crippen LogP contribution < -0.4 is 5.32 Å². The van der Waals surface area contributed by atoms with Gasteiger partial charge in [0.05, 0.1) is 11.4 Å². The summed E-state index contributed by atoms with van der Waals surface area (Å²) in [6.07, 6.45) is 0. The first-order valence-electron chi connectivity index (χ1n) is 8.55. The van der Waals surface area contributed by atoms with E-state index in [-0.39, 0.29) is 5.91 Å². The number of nitrogens with zero attached hydrogens (tertiary/aromatic N) is 2. The summed E-state index contributed by atoms with van der Waals surface area (Å²) in [5, 5.41) is 8.55. The number of aromatic nitrogens is 3. The number of hydrogen-bond donors (Lipinski definition) is 2. The zero-order valence-electron chi connectivity index (χ0n) is 15.0. The Morgan fingerprint density at radius 3 is 2.58 bits per heavy atom. The van der Waals surface area contributed by atoms with Crippen LogP contribution in [0.15, 0.2) is 54.6 Å². The SMILES string of the molecule is Cc1cc(NC(=O)c2ccc3[nH]c(C)c(C)c3c2)n(-c2ccccc2)n1. The first-order valence-corrected chi connectivity index (χ1v) is 8.55. The zero-order chi connectivity index (χ0) is 18.3. The number of nitrogens with one attached hydrogen (secondary N) is 2. The molecular formula is C21H20N4O. The maximum absolute atomic E-state index is 12.8. The third-order valence-electron chi connectivity index (χ3n) is 4.64. The van der Waals surface area contributed by atoms with Crippen LogP contribution in [0, 0.1) is 20.8 Å². The Labute approximate surface area is 151 Å². The summed E-state index contributed by atoms with van der Waals surface area (Å²) in [5.74, 6) is 0.503. The lowest BCUT2D eigenvalue weighted by atomic mass is 10.1. The smallest absolute Gasteiger partial charge is 0.256 e. The number of anilines is 1. The molecule has 0 saturated carbocycles. The lowest BCUT2D eigenvalue weighted by molar-refractivity contribution is 0.102. The van der Waals surface area contributed by atoms with Crippen LogP contribution in [0.5, 0.6) is 0 Å². The standard InChI is InChI=1S/C21H20N4O/c1-13-11-20(25(24-13)17-7-5-4-6-8-17)23-21(26)16-9-10-19-18(12-16)14(2)15(3)22-19/h4-12,22H,1-3H3,(H,23,26). The molecule has 0 unspecified atom stereocenters. The van der Waals surface area contributed by atoms with E-state index in [1.54, 1.807) is 4.68 Å². The van der Waals surface area contributed by atoms with Crippen molar-refractivity contribution in [2.45, 2.75) is 20.8 Å². The minimum Gasteiger partial charge on any atom is -0.358 e. The number of H-pyrrole nitrogens is 1. The van der Waals surface area contributed by atoms with E-state index in [9.17, 15) is 4.79 Å². The highest BCUT2D eigenvalue weighted by Crippen LogP contribution is 2.23. The topological polar surface area (TPSA) is 62.7 Å². The van der Waals surface area contributed by atoms with Gasteiger partial charge in [0.2, 0.25) is 0 Å². The molecule has 2 N–H and O–H groups in total. The number of benzene rings is 2. The molecule has 0 saturated heterocycles. The summed E-state index contributed by atoms with van der Waals surface area (Å²) >= 11 is 0. The van der Waals surface area contributed by atoms with Crippen molar-refractivity contribution < 1.29 is 4.79 Å². The molecular weight excluding hydrogens is 324 g/mol. The molecule has 5 heteroatoms. The van der Waals surface area contributed by atoms with Gasteiger partial charge in [-0.3, -0.25) is 4.79 Å². The molecule has 0 aliphatic carbocycles. The van der Waals surface area contributed by atoms with Gasteiger partial charge in [0.1, 0.15) is 5.82 Å². The first-order chi connectivity index (χ1) is 12.5. The number of rotatable bonds is 3. The van der Waals surface area contributed by atoms with Gasteiger partial charge in [-0.25, -0.2) is 4.68 Å². The van der Waals surface area contributed by atoms with E-state index in [1.807, 2.05) is 68.4 Å². The van der Waals surface area contributed by atoms with E-state index >= 15 is 0 Å². The summed E-state index contributed by atoms with van der Waals surface area (Å²) in [5.41, 5.74) is 5.70. The fourth-order valence-electron chi connectivity index (χ4n) is 3.15. The van der Waals surface area contributed by atoms with Crippen LogP contribution in [0.1, 0.15) is 27.3 Å². The molecule has 5 nitrogen and oxygen atoms in total. The maximum atomic E-state index is 12.8. The van der Waals surface area contributed by atoms with Gasteiger partial charge in [-0.15, -0.1) is 0 Å². The molecule has 0 spiro atoms. The van der Waals surface area contributed by atoms with Gasteiger partial charge in [-0.2, -0.15) is 5.10 Å². The first kappa shape index (κ1) is 16.1. The molecule has 2 heterocycles. The second-order valence-corrected chi connectivity index (χ2v) is 6.51. The van der Waals surface area contributed by atoms with Gasteiger partial charge in [0, 0.05) is 28.2 Å². The number of carbonyl (C=O) groups is 1. The van der Waals surface area contributed by atoms with Gasteiger partial charge in [0.15, 0.2) is 0 Å². The molecule has 1 amide bonds. The second-order valence-electron chi connectivity index (χ2n) is 6.51. The van der Waals surface area contributed by atoms with Gasteiger partial charge in [-0.1, -0.05) is 18.2 Å². The number of para-hydroxylation sites is 1. The largest absolute Gasteiger partial charge is 0.358 e. The highest BCUT2D eigenvalue weighted by molar-refractivity contribution is 6.06. The van der Waals surface area contributed by atoms with Crippen molar-refractivity contribution in [3.8, 4) is 5.69 Å². The Bertz CT molecular complexity index is 1110. The minimum absolute atomic E-state index is 0.151. The highest BCUT2D eigenvalue weighted by Gasteiger charge is 2.14. The zero-order valence-corrected chi connectivity index (χ0v) is 15.0. The van der Waals surface area contributed by atoms with Crippen molar-refractivity contribution in [3.05, 3.63) is 77.1 Å². The molecule has 0 fully saturated rings. The minimum atomic E-state index is -0.151. The quantitative estimate of drug-likeness (QED) is 0.573. The average molecular weight is 344 g/mol. The fraction of sp³-hybridized carbons (Fsp3) is 0.143. The molecule has 4 aromatic rings. The molecule has 130 valence electrons. The molecule has 0 atom stereocenters. The van der Waals surface area contributed by atoms with Crippen LogP contribution in [-0.2, 0) is 0 Å². The molecule has 0 aliphatic heterocycles. The monoisotopic (exact) mass is 344 g/mol. The van der Waals surface area contributed by atoms with Crippen molar-refractivity contribution in [1.82, 2.24) is 14.8 Å². The second kappa shape index (κ2) is 6.19. The van der Waals surface area contributed by atoms with E-state index in [2.05, 4.69) is 22.3 Å². The van der Waals surface area contributed by atoms with Gasteiger partial charge < -0.3 is 10.3 Å². The maximum Gasteiger partial charge on any atom is 0.256 e. The van der Waals surface area contributed by atoms with Gasteiger partial charge in [-0.05, 0) is 56.7 Å². The van der Waals surface area contributed by atoms with Crippen LogP contribution in [0.25, 0.3) is 16.6 Å². The van der Waals surface area contributed by atoms with E-state index in [0.717, 1.165) is 28.0 Å². The Morgan fingerprint density at radius 2 is 1.81 bits per heavy atom. The van der Waals surface area contributed by atoms with E-state index in [4.69, 9.17) is 0 Å². The molecule has 0 aliphatic rings. The Kier molecular flexibility index (Phi) is 3.84. The van der Waals surface area contributed by atoms with E-state index in [0.29, 0.717) is 11.4 Å². The molecule has 2 aromatic carbocycles. The van der Waals surface area contributed by atoms with Crippen molar-refractivity contribution in [2.24, 2.45) is 0 Å². The molecule has 4 rings (SSSR count). The molecule has 0 radical (unpaired) electrons. The number of aryl methyl sites for hydroxylation is 3. The van der Waals surface area contributed by atoms with Crippen molar-refractivity contribution >= 4 is 22.6 Å². The number of hydrogen-bond acceptors (Lipinski definition) is 2. The third kappa shape index (κ3) is 2.77. The Hall–Kier alpha value is -3.34. The lowest BCUT2D eigenvalue weighted by Gasteiger charge is -2.09. The number of fused-ring (bicyclic) bond motifs is 1. The summed E-state index contributed by atoms with van der Waals surface area (Å²) < 4.78 is 1.75. The molecule has 2 aromatic heterocycles. The third-order valence-corrected chi connectivity index (χ3v) is 4.64. The normalized spacial score (nSPS) is 11.0. The average Bonchev–Trinajstić information content (AvgIpc) is 3.15. The van der Waals surface area contributed by atoms with Crippen LogP contribution in [0.3, 0.4) is 0 Å². The molecule has 0 bridgehead atoms. The molecule has 26 heavy (non-hydrogen) atoms. The summed E-state index contributed by atoms with van der Waals surface area (Å²) in [6.45, 7) is 6.01. The van der Waals surface area contributed by atoms with Crippen LogP contribution in [0.2, 0.25) is 0 Å². The number of carbonyl (C=O) groups excluding carboxylic acids is 1.